The van der Waals surface area contributed by atoms with Crippen molar-refractivity contribution in [3.05, 3.63) is 0 Å². The summed E-state index contributed by atoms with van der Waals surface area (Å²) in [4.78, 5) is 13.7. The highest BCUT2D eigenvalue weighted by Crippen LogP contribution is 2.16. The Morgan fingerprint density at radius 2 is 2.33 bits per heavy atom. The quantitative estimate of drug-likeness (QED) is 0.822. The molecule has 0 radical (unpaired) electrons. The first-order valence-electron chi connectivity index (χ1n) is 5.24. The van der Waals surface area contributed by atoms with Crippen molar-refractivity contribution in [2.45, 2.75) is 19.3 Å². The van der Waals surface area contributed by atoms with E-state index in [4.69, 9.17) is 5.73 Å². The van der Waals surface area contributed by atoms with Crippen LogP contribution in [0.25, 0.3) is 0 Å². The zero-order valence-corrected chi connectivity index (χ0v) is 10.9. The number of carbonyl (C=O) groups is 1. The Morgan fingerprint density at radius 3 is 2.93 bits per heavy atom. The molecule has 1 amide bonds. The number of halogens is 1. The summed E-state index contributed by atoms with van der Waals surface area (Å²) in [5.41, 5.74) is 5.62. The molecule has 1 fully saturated rings. The predicted molar refractivity (Wildman–Crippen MR) is 68.6 cm³/mol. The molecule has 0 aliphatic carbocycles. The molecule has 90 valence electrons. The number of amides is 1. The molecule has 0 spiro atoms. The van der Waals surface area contributed by atoms with Crippen LogP contribution in [0.4, 0.5) is 0 Å². The van der Waals surface area contributed by atoms with Crippen LogP contribution in [0.15, 0.2) is 0 Å². The third-order valence-corrected chi connectivity index (χ3v) is 3.34. The molecule has 0 saturated carbocycles. The Bertz CT molecular complexity index is 192. The molecule has 1 saturated heterocycles. The molecule has 1 atom stereocenters. The van der Waals surface area contributed by atoms with Crippen LogP contribution in [0, 0.1) is 5.92 Å². The minimum Gasteiger partial charge on any atom is -0.342 e. The highest BCUT2D eigenvalue weighted by atomic mass is 35.5. The van der Waals surface area contributed by atoms with E-state index in [-0.39, 0.29) is 12.4 Å². The maximum Gasteiger partial charge on any atom is 0.223 e. The van der Waals surface area contributed by atoms with Crippen LogP contribution >= 0.6 is 24.2 Å². The number of hydrogen-bond donors (Lipinski definition) is 1. The van der Waals surface area contributed by atoms with Crippen molar-refractivity contribution >= 4 is 30.1 Å². The van der Waals surface area contributed by atoms with E-state index in [1.165, 1.54) is 6.42 Å². The first kappa shape index (κ1) is 15.1. The summed E-state index contributed by atoms with van der Waals surface area (Å²) in [7, 11) is 0. The highest BCUT2D eigenvalue weighted by Gasteiger charge is 2.21. The lowest BCUT2D eigenvalue weighted by Gasteiger charge is -2.32. The molecule has 1 unspecified atom stereocenters. The standard InChI is InChI=1S/C10H20N2OS.ClH/c1-14-6-4-10(13)12-5-2-3-9(7-11)8-12;/h9H,2-8,11H2,1H3;1H. The summed E-state index contributed by atoms with van der Waals surface area (Å²) in [6.07, 6.45) is 5.01. The van der Waals surface area contributed by atoms with Gasteiger partial charge in [-0.1, -0.05) is 0 Å². The van der Waals surface area contributed by atoms with Crippen LogP contribution in [-0.2, 0) is 4.79 Å². The lowest BCUT2D eigenvalue weighted by Crippen LogP contribution is -2.42. The molecule has 1 aliphatic heterocycles. The molecule has 2 N–H and O–H groups in total. The van der Waals surface area contributed by atoms with Gasteiger partial charge in [0.05, 0.1) is 0 Å². The Morgan fingerprint density at radius 1 is 1.60 bits per heavy atom. The van der Waals surface area contributed by atoms with Crippen molar-refractivity contribution < 1.29 is 4.79 Å². The van der Waals surface area contributed by atoms with Crippen molar-refractivity contribution in [1.29, 1.82) is 0 Å². The molecule has 1 rings (SSSR count). The van der Waals surface area contributed by atoms with E-state index in [1.54, 1.807) is 11.8 Å². The van der Waals surface area contributed by atoms with Crippen molar-refractivity contribution in [1.82, 2.24) is 4.90 Å². The van der Waals surface area contributed by atoms with Gasteiger partial charge in [0.25, 0.3) is 0 Å². The number of likely N-dealkylation sites (tertiary alicyclic amines) is 1. The second-order valence-electron chi connectivity index (χ2n) is 3.83. The Kier molecular flexibility index (Phi) is 8.29. The molecule has 0 aromatic carbocycles. The first-order valence-corrected chi connectivity index (χ1v) is 6.64. The van der Waals surface area contributed by atoms with Gasteiger partial charge < -0.3 is 10.6 Å². The van der Waals surface area contributed by atoms with Gasteiger partial charge in [0, 0.05) is 25.3 Å². The summed E-state index contributed by atoms with van der Waals surface area (Å²) in [5.74, 6) is 1.77. The summed E-state index contributed by atoms with van der Waals surface area (Å²) in [6, 6.07) is 0. The maximum atomic E-state index is 11.7. The molecule has 0 aromatic heterocycles. The minimum atomic E-state index is 0. The fourth-order valence-corrected chi connectivity index (χ4v) is 2.21. The van der Waals surface area contributed by atoms with E-state index < -0.39 is 0 Å². The average Bonchev–Trinajstić information content (AvgIpc) is 2.26. The molecule has 3 nitrogen and oxygen atoms in total. The maximum absolute atomic E-state index is 11.7. The minimum absolute atomic E-state index is 0. The van der Waals surface area contributed by atoms with Crippen LogP contribution in [0.5, 0.6) is 0 Å². The fraction of sp³-hybridized carbons (Fsp3) is 0.900. The highest BCUT2D eigenvalue weighted by molar-refractivity contribution is 7.98. The van der Waals surface area contributed by atoms with E-state index >= 15 is 0 Å². The average molecular weight is 253 g/mol. The van der Waals surface area contributed by atoms with Gasteiger partial charge in [0.15, 0.2) is 0 Å². The van der Waals surface area contributed by atoms with E-state index in [2.05, 4.69) is 0 Å². The molecule has 0 bridgehead atoms. The van der Waals surface area contributed by atoms with Gasteiger partial charge in [0.2, 0.25) is 5.91 Å². The Balaban J connectivity index is 0.00000196. The smallest absolute Gasteiger partial charge is 0.223 e. The van der Waals surface area contributed by atoms with E-state index in [0.29, 0.717) is 24.8 Å². The topological polar surface area (TPSA) is 46.3 Å². The Hall–Kier alpha value is 0.0700. The van der Waals surface area contributed by atoms with E-state index in [1.807, 2.05) is 11.2 Å². The second kappa shape index (κ2) is 8.25. The molecule has 15 heavy (non-hydrogen) atoms. The third-order valence-electron chi connectivity index (χ3n) is 2.73. The van der Waals surface area contributed by atoms with Crippen molar-refractivity contribution in [3.8, 4) is 0 Å². The fourth-order valence-electron chi connectivity index (χ4n) is 1.83. The normalized spacial score (nSPS) is 20.9. The van der Waals surface area contributed by atoms with Crippen LogP contribution in [0.2, 0.25) is 0 Å². The number of carbonyl (C=O) groups excluding carboxylic acids is 1. The van der Waals surface area contributed by atoms with E-state index in [9.17, 15) is 4.79 Å². The second-order valence-corrected chi connectivity index (χ2v) is 4.81. The van der Waals surface area contributed by atoms with Crippen molar-refractivity contribution in [3.63, 3.8) is 0 Å². The van der Waals surface area contributed by atoms with Crippen molar-refractivity contribution in [2.24, 2.45) is 11.7 Å². The van der Waals surface area contributed by atoms with Gasteiger partial charge in [-0.15, -0.1) is 12.4 Å². The zero-order chi connectivity index (χ0) is 10.4. The van der Waals surface area contributed by atoms with Gasteiger partial charge in [-0.3, -0.25) is 4.79 Å². The zero-order valence-electron chi connectivity index (χ0n) is 9.28. The number of nitrogens with zero attached hydrogens (tertiary/aromatic N) is 1. The molecule has 0 aromatic rings. The lowest BCUT2D eigenvalue weighted by atomic mass is 9.98. The number of nitrogens with two attached hydrogens (primary N) is 1. The summed E-state index contributed by atoms with van der Waals surface area (Å²) in [5, 5.41) is 0. The van der Waals surface area contributed by atoms with Gasteiger partial charge in [0.1, 0.15) is 0 Å². The number of thioether (sulfide) groups is 1. The largest absolute Gasteiger partial charge is 0.342 e. The summed E-state index contributed by atoms with van der Waals surface area (Å²) in [6.45, 7) is 2.53. The first-order chi connectivity index (χ1) is 6.77. The van der Waals surface area contributed by atoms with Gasteiger partial charge in [-0.25, -0.2) is 0 Å². The van der Waals surface area contributed by atoms with Gasteiger partial charge >= 0.3 is 0 Å². The number of piperidine rings is 1. The van der Waals surface area contributed by atoms with Crippen LogP contribution in [0.1, 0.15) is 19.3 Å². The predicted octanol–water partition coefficient (Wildman–Crippen LogP) is 1.36. The molecule has 5 heteroatoms. The monoisotopic (exact) mass is 252 g/mol. The van der Waals surface area contributed by atoms with Gasteiger partial charge in [-0.2, -0.15) is 11.8 Å². The van der Waals surface area contributed by atoms with Crippen LogP contribution in [-0.4, -0.2) is 42.4 Å². The summed E-state index contributed by atoms with van der Waals surface area (Å²) < 4.78 is 0. The third kappa shape index (κ3) is 5.09. The van der Waals surface area contributed by atoms with E-state index in [0.717, 1.165) is 25.3 Å². The number of rotatable bonds is 4. The molecular formula is C10H21ClN2OS. The lowest BCUT2D eigenvalue weighted by molar-refractivity contribution is -0.132. The summed E-state index contributed by atoms with van der Waals surface area (Å²) >= 11 is 1.73. The SMILES string of the molecule is CSCCC(=O)N1CCCC(CN)C1.Cl. The molecular weight excluding hydrogens is 232 g/mol. The van der Waals surface area contributed by atoms with Crippen LogP contribution in [0.3, 0.4) is 0 Å². The van der Waals surface area contributed by atoms with Gasteiger partial charge in [-0.05, 0) is 31.6 Å². The van der Waals surface area contributed by atoms with Crippen molar-refractivity contribution in [2.75, 3.05) is 31.6 Å². The number of hydrogen-bond acceptors (Lipinski definition) is 3. The molecule has 1 aliphatic rings. The molecule has 1 heterocycles. The van der Waals surface area contributed by atoms with Crippen LogP contribution < -0.4 is 5.73 Å². The Labute approximate surface area is 103 Å².